The standard InChI is InChI=1S/C24H25N3O6/c1-29-20-11-15(12-21(30-2)23(20)31-3)22-17-5-4-8-26(17)9-10-27(22)24(28)25-16-6-7-18-19(13-16)33-14-32-18/h4-8,11-13,22H,9-10,14H2,1-3H3,(H,25,28). The molecule has 2 aliphatic rings. The SMILES string of the molecule is COc1cc(C2c3cccn3CCN2C(=O)Nc2ccc3c(c2)OCO3)cc(OC)c1OC. The predicted octanol–water partition coefficient (Wildman–Crippen LogP) is 3.88. The average molecular weight is 451 g/mol. The lowest BCUT2D eigenvalue weighted by Crippen LogP contribution is -2.44. The highest BCUT2D eigenvalue weighted by molar-refractivity contribution is 5.90. The van der Waals surface area contributed by atoms with Crippen molar-refractivity contribution < 1.29 is 28.5 Å². The second kappa shape index (κ2) is 8.50. The molecule has 0 spiro atoms. The molecule has 3 heterocycles. The highest BCUT2D eigenvalue weighted by Crippen LogP contribution is 2.43. The van der Waals surface area contributed by atoms with E-state index in [-0.39, 0.29) is 18.9 Å². The van der Waals surface area contributed by atoms with Crippen LogP contribution in [0.2, 0.25) is 0 Å². The molecule has 172 valence electrons. The quantitative estimate of drug-likeness (QED) is 0.634. The van der Waals surface area contributed by atoms with Crippen LogP contribution in [0.15, 0.2) is 48.7 Å². The minimum absolute atomic E-state index is 0.180. The summed E-state index contributed by atoms with van der Waals surface area (Å²) in [5.41, 5.74) is 2.48. The summed E-state index contributed by atoms with van der Waals surface area (Å²) in [7, 11) is 4.72. The van der Waals surface area contributed by atoms with Gasteiger partial charge in [-0.2, -0.15) is 0 Å². The van der Waals surface area contributed by atoms with Crippen LogP contribution in [0.5, 0.6) is 28.7 Å². The highest BCUT2D eigenvalue weighted by atomic mass is 16.7. The summed E-state index contributed by atoms with van der Waals surface area (Å²) in [4.78, 5) is 15.3. The monoisotopic (exact) mass is 451 g/mol. The number of rotatable bonds is 5. The summed E-state index contributed by atoms with van der Waals surface area (Å²) in [6, 6.07) is 12.6. The van der Waals surface area contributed by atoms with Crippen molar-refractivity contribution in [1.82, 2.24) is 9.47 Å². The third-order valence-electron chi connectivity index (χ3n) is 5.93. The van der Waals surface area contributed by atoms with E-state index >= 15 is 0 Å². The van der Waals surface area contributed by atoms with Crippen molar-refractivity contribution >= 4 is 11.7 Å². The van der Waals surface area contributed by atoms with Crippen LogP contribution in [0.4, 0.5) is 10.5 Å². The number of nitrogens with zero attached hydrogens (tertiary/aromatic N) is 2. The smallest absolute Gasteiger partial charge is 0.322 e. The maximum absolute atomic E-state index is 13.5. The number of amides is 2. The molecule has 9 heteroatoms. The van der Waals surface area contributed by atoms with Crippen LogP contribution >= 0.6 is 0 Å². The lowest BCUT2D eigenvalue weighted by molar-refractivity contribution is 0.174. The lowest BCUT2D eigenvalue weighted by Gasteiger charge is -2.37. The number of aromatic nitrogens is 1. The minimum Gasteiger partial charge on any atom is -0.493 e. The van der Waals surface area contributed by atoms with Crippen LogP contribution in [0.3, 0.4) is 0 Å². The van der Waals surface area contributed by atoms with Crippen LogP contribution in [-0.4, -0.2) is 50.2 Å². The number of hydrogen-bond acceptors (Lipinski definition) is 6. The van der Waals surface area contributed by atoms with Gasteiger partial charge in [-0.15, -0.1) is 0 Å². The number of benzene rings is 2. The Morgan fingerprint density at radius 2 is 1.73 bits per heavy atom. The first kappa shape index (κ1) is 20.9. The largest absolute Gasteiger partial charge is 0.493 e. The molecule has 3 aromatic rings. The van der Waals surface area contributed by atoms with E-state index in [1.807, 2.05) is 30.5 Å². The molecule has 0 aliphatic carbocycles. The van der Waals surface area contributed by atoms with E-state index in [0.29, 0.717) is 47.5 Å². The van der Waals surface area contributed by atoms with E-state index in [1.54, 1.807) is 44.4 Å². The molecule has 0 saturated carbocycles. The minimum atomic E-state index is -0.350. The molecule has 33 heavy (non-hydrogen) atoms. The fourth-order valence-electron chi connectivity index (χ4n) is 4.38. The van der Waals surface area contributed by atoms with E-state index < -0.39 is 0 Å². The van der Waals surface area contributed by atoms with Crippen molar-refractivity contribution in [2.24, 2.45) is 0 Å². The molecule has 5 rings (SSSR count). The second-order valence-corrected chi connectivity index (χ2v) is 7.68. The van der Waals surface area contributed by atoms with Crippen LogP contribution in [-0.2, 0) is 6.54 Å². The number of carbonyl (C=O) groups is 1. The van der Waals surface area contributed by atoms with Crippen molar-refractivity contribution in [3.8, 4) is 28.7 Å². The van der Waals surface area contributed by atoms with Gasteiger partial charge >= 0.3 is 6.03 Å². The molecule has 1 aromatic heterocycles. The summed E-state index contributed by atoms with van der Waals surface area (Å²) in [6.45, 7) is 1.40. The molecule has 1 N–H and O–H groups in total. The van der Waals surface area contributed by atoms with Crippen LogP contribution in [0, 0.1) is 0 Å². The highest BCUT2D eigenvalue weighted by Gasteiger charge is 2.34. The van der Waals surface area contributed by atoms with Crippen LogP contribution in [0.1, 0.15) is 17.3 Å². The summed E-state index contributed by atoms with van der Waals surface area (Å²) < 4.78 is 29.5. The zero-order valence-corrected chi connectivity index (χ0v) is 18.7. The topological polar surface area (TPSA) is 83.4 Å². The van der Waals surface area contributed by atoms with Gasteiger partial charge in [0.05, 0.1) is 27.4 Å². The Hall–Kier alpha value is -4.01. The second-order valence-electron chi connectivity index (χ2n) is 7.68. The van der Waals surface area contributed by atoms with Gasteiger partial charge in [-0.25, -0.2) is 4.79 Å². The van der Waals surface area contributed by atoms with Gasteiger partial charge in [0.1, 0.15) is 0 Å². The van der Waals surface area contributed by atoms with E-state index in [2.05, 4.69) is 9.88 Å². The molecule has 2 aliphatic heterocycles. The molecule has 2 amide bonds. The molecular weight excluding hydrogens is 426 g/mol. The van der Waals surface area contributed by atoms with E-state index in [4.69, 9.17) is 23.7 Å². The average Bonchev–Trinajstić information content (AvgIpc) is 3.51. The Labute approximate surface area is 191 Å². The number of hydrogen-bond donors (Lipinski definition) is 1. The number of anilines is 1. The van der Waals surface area contributed by atoms with Gasteiger partial charge in [0.15, 0.2) is 23.0 Å². The molecule has 0 saturated heterocycles. The number of ether oxygens (including phenoxy) is 5. The van der Waals surface area contributed by atoms with Crippen molar-refractivity contribution in [3.63, 3.8) is 0 Å². The van der Waals surface area contributed by atoms with E-state index in [0.717, 1.165) is 11.3 Å². The Morgan fingerprint density at radius 3 is 2.45 bits per heavy atom. The molecule has 0 bridgehead atoms. The third-order valence-corrected chi connectivity index (χ3v) is 5.93. The molecule has 1 unspecified atom stereocenters. The van der Waals surface area contributed by atoms with Gasteiger partial charge in [0.2, 0.25) is 12.5 Å². The fourth-order valence-corrected chi connectivity index (χ4v) is 4.38. The number of methoxy groups -OCH3 is 3. The molecule has 2 aromatic carbocycles. The van der Waals surface area contributed by atoms with Gasteiger partial charge in [0.25, 0.3) is 0 Å². The summed E-state index contributed by atoms with van der Waals surface area (Å²) in [6.07, 6.45) is 2.02. The number of fused-ring (bicyclic) bond motifs is 2. The first-order valence-corrected chi connectivity index (χ1v) is 10.5. The maximum Gasteiger partial charge on any atom is 0.322 e. The fraction of sp³-hybridized carbons (Fsp3) is 0.292. The Kier molecular flexibility index (Phi) is 5.37. The Morgan fingerprint density at radius 1 is 0.970 bits per heavy atom. The number of nitrogens with one attached hydrogen (secondary N) is 1. The first-order valence-electron chi connectivity index (χ1n) is 10.5. The molecule has 0 fully saturated rings. The molecule has 9 nitrogen and oxygen atoms in total. The predicted molar refractivity (Wildman–Crippen MR) is 121 cm³/mol. The number of urea groups is 1. The maximum atomic E-state index is 13.5. The molecule has 1 atom stereocenters. The van der Waals surface area contributed by atoms with Crippen molar-refractivity contribution in [1.29, 1.82) is 0 Å². The van der Waals surface area contributed by atoms with Crippen molar-refractivity contribution in [2.45, 2.75) is 12.6 Å². The first-order chi connectivity index (χ1) is 16.1. The van der Waals surface area contributed by atoms with Gasteiger partial charge in [-0.3, -0.25) is 0 Å². The lowest BCUT2D eigenvalue weighted by atomic mass is 9.99. The van der Waals surface area contributed by atoms with Gasteiger partial charge in [-0.05, 0) is 42.0 Å². The van der Waals surface area contributed by atoms with Gasteiger partial charge in [-0.1, -0.05) is 0 Å². The van der Waals surface area contributed by atoms with Crippen LogP contribution in [0.25, 0.3) is 0 Å². The van der Waals surface area contributed by atoms with E-state index in [1.165, 1.54) is 0 Å². The van der Waals surface area contributed by atoms with Gasteiger partial charge < -0.3 is 38.5 Å². The Balaban J connectivity index is 1.52. The summed E-state index contributed by atoms with van der Waals surface area (Å²) in [5, 5.41) is 3.00. The van der Waals surface area contributed by atoms with Crippen LogP contribution < -0.4 is 29.0 Å². The zero-order valence-electron chi connectivity index (χ0n) is 18.7. The summed E-state index contributed by atoms with van der Waals surface area (Å²) >= 11 is 0. The van der Waals surface area contributed by atoms with E-state index in [9.17, 15) is 4.79 Å². The summed E-state index contributed by atoms with van der Waals surface area (Å²) in [5.74, 6) is 2.85. The Bertz CT molecular complexity index is 1170. The number of carbonyl (C=O) groups excluding carboxylic acids is 1. The zero-order chi connectivity index (χ0) is 22.9. The third kappa shape index (κ3) is 3.65. The van der Waals surface area contributed by atoms with Gasteiger partial charge in [0, 0.05) is 36.7 Å². The molecular formula is C24H25N3O6. The van der Waals surface area contributed by atoms with Crippen molar-refractivity contribution in [2.75, 3.05) is 40.0 Å². The normalized spacial score (nSPS) is 16.2. The van der Waals surface area contributed by atoms with Crippen molar-refractivity contribution in [3.05, 3.63) is 59.9 Å². The molecule has 0 radical (unpaired) electrons.